The molecule has 7 heteroatoms. The topological polar surface area (TPSA) is 54.3 Å². The summed E-state index contributed by atoms with van der Waals surface area (Å²) >= 11 is 1.46. The van der Waals surface area contributed by atoms with Crippen LogP contribution >= 0.6 is 11.8 Å². The van der Waals surface area contributed by atoms with Crippen LogP contribution in [0.5, 0.6) is 0 Å². The molecule has 0 saturated carbocycles. The first-order chi connectivity index (χ1) is 12.1. The molecule has 2 aromatic rings. The summed E-state index contributed by atoms with van der Waals surface area (Å²) in [6, 6.07) is 10.9. The average molecular weight is 359 g/mol. The Morgan fingerprint density at radius 1 is 1.16 bits per heavy atom. The lowest BCUT2D eigenvalue weighted by molar-refractivity contribution is -0.130. The third-order valence-electron chi connectivity index (χ3n) is 4.87. The van der Waals surface area contributed by atoms with Crippen molar-refractivity contribution in [3.8, 4) is 0 Å². The zero-order valence-electron chi connectivity index (χ0n) is 15.1. The maximum Gasteiger partial charge on any atom is 0.233 e. The largest absolute Gasteiger partial charge is 0.339 e. The van der Waals surface area contributed by atoms with Crippen LogP contribution in [0.25, 0.3) is 0 Å². The van der Waals surface area contributed by atoms with Gasteiger partial charge in [0, 0.05) is 39.3 Å². The van der Waals surface area contributed by atoms with E-state index in [4.69, 9.17) is 0 Å². The Kier molecular flexibility index (Phi) is 5.75. The minimum absolute atomic E-state index is 0.178. The van der Waals surface area contributed by atoms with Gasteiger partial charge in [-0.2, -0.15) is 0 Å². The third-order valence-corrected chi connectivity index (χ3v) is 5.88. The fraction of sp³-hybridized carbons (Fsp3) is 0.500. The van der Waals surface area contributed by atoms with Crippen LogP contribution in [0.4, 0.5) is 0 Å². The van der Waals surface area contributed by atoms with Crippen molar-refractivity contribution in [2.24, 2.45) is 7.05 Å². The first-order valence-electron chi connectivity index (χ1n) is 8.62. The number of thioether (sulfide) groups is 1. The number of hydrogen-bond acceptors (Lipinski definition) is 5. The molecule has 0 unspecified atom stereocenters. The van der Waals surface area contributed by atoms with Crippen LogP contribution in [0.15, 0.2) is 35.5 Å². The fourth-order valence-electron chi connectivity index (χ4n) is 3.03. The lowest BCUT2D eigenvalue weighted by atomic mass is 10.1. The van der Waals surface area contributed by atoms with Gasteiger partial charge in [-0.25, -0.2) is 0 Å². The zero-order valence-corrected chi connectivity index (χ0v) is 15.9. The zero-order chi connectivity index (χ0) is 17.8. The second-order valence-electron chi connectivity index (χ2n) is 6.38. The molecule has 25 heavy (non-hydrogen) atoms. The van der Waals surface area contributed by atoms with E-state index in [-0.39, 0.29) is 5.91 Å². The summed E-state index contributed by atoms with van der Waals surface area (Å²) in [7, 11) is 1.92. The summed E-state index contributed by atoms with van der Waals surface area (Å²) < 4.78 is 1.91. The van der Waals surface area contributed by atoms with Crippen LogP contribution in [0, 0.1) is 6.92 Å². The minimum Gasteiger partial charge on any atom is -0.339 e. The summed E-state index contributed by atoms with van der Waals surface area (Å²) in [6.45, 7) is 7.54. The van der Waals surface area contributed by atoms with E-state index in [0.29, 0.717) is 11.8 Å². The van der Waals surface area contributed by atoms with Crippen LogP contribution < -0.4 is 0 Å². The number of carbonyl (C=O) groups is 1. The number of hydrogen-bond donors (Lipinski definition) is 0. The Bertz CT molecular complexity index is 710. The van der Waals surface area contributed by atoms with Gasteiger partial charge in [0.1, 0.15) is 5.82 Å². The van der Waals surface area contributed by atoms with Crippen molar-refractivity contribution in [1.29, 1.82) is 0 Å². The molecule has 0 spiro atoms. The number of carbonyl (C=O) groups excluding carboxylic acids is 1. The van der Waals surface area contributed by atoms with Crippen molar-refractivity contribution in [3.05, 3.63) is 41.7 Å². The number of rotatable bonds is 5. The van der Waals surface area contributed by atoms with Gasteiger partial charge in [0.25, 0.3) is 0 Å². The van der Waals surface area contributed by atoms with E-state index in [2.05, 4.69) is 46.3 Å². The van der Waals surface area contributed by atoms with Crippen LogP contribution in [0.2, 0.25) is 0 Å². The highest BCUT2D eigenvalue weighted by Gasteiger charge is 2.25. The van der Waals surface area contributed by atoms with Crippen molar-refractivity contribution in [3.63, 3.8) is 0 Å². The lowest BCUT2D eigenvalue weighted by Gasteiger charge is -2.38. The van der Waals surface area contributed by atoms with Crippen molar-refractivity contribution < 1.29 is 4.79 Å². The molecule has 3 rings (SSSR count). The maximum absolute atomic E-state index is 12.5. The fourth-order valence-corrected chi connectivity index (χ4v) is 3.89. The van der Waals surface area contributed by atoms with E-state index in [1.54, 1.807) is 0 Å². The molecule has 6 nitrogen and oxygen atoms in total. The molecule has 1 aliphatic rings. The third kappa shape index (κ3) is 4.22. The summed E-state index contributed by atoms with van der Waals surface area (Å²) in [6.07, 6.45) is 0. The predicted molar refractivity (Wildman–Crippen MR) is 99.5 cm³/mol. The molecular weight excluding hydrogens is 334 g/mol. The molecule has 0 aliphatic carbocycles. The molecule has 1 amide bonds. The van der Waals surface area contributed by atoms with E-state index in [1.807, 2.05) is 29.5 Å². The Morgan fingerprint density at radius 2 is 1.84 bits per heavy atom. The SMILES string of the molecule is Cc1nnc(SCC(=O)N2CCN([C@@H](C)c3ccccc3)CC2)n1C. The molecule has 1 saturated heterocycles. The summed E-state index contributed by atoms with van der Waals surface area (Å²) in [5.74, 6) is 1.45. The van der Waals surface area contributed by atoms with Crippen molar-refractivity contribution >= 4 is 17.7 Å². The van der Waals surface area contributed by atoms with Crippen LogP contribution in [0.1, 0.15) is 24.4 Å². The number of benzene rings is 1. The standard InChI is InChI=1S/C18H25N5OS/c1-14(16-7-5-4-6-8-16)22-9-11-23(12-10-22)17(24)13-25-18-20-19-15(2)21(18)3/h4-8,14H,9-13H2,1-3H3/t14-/m0/s1. The molecule has 0 bridgehead atoms. The van der Waals surface area contributed by atoms with E-state index >= 15 is 0 Å². The van der Waals surface area contributed by atoms with Gasteiger partial charge in [0.05, 0.1) is 5.75 Å². The van der Waals surface area contributed by atoms with E-state index in [1.165, 1.54) is 17.3 Å². The number of piperazine rings is 1. The molecule has 1 fully saturated rings. The van der Waals surface area contributed by atoms with Gasteiger partial charge in [-0.1, -0.05) is 42.1 Å². The van der Waals surface area contributed by atoms with Gasteiger partial charge >= 0.3 is 0 Å². The van der Waals surface area contributed by atoms with Crippen LogP contribution in [-0.4, -0.2) is 62.4 Å². The van der Waals surface area contributed by atoms with Gasteiger partial charge in [-0.05, 0) is 19.4 Å². The monoisotopic (exact) mass is 359 g/mol. The molecule has 134 valence electrons. The Balaban J connectivity index is 1.48. The number of nitrogens with zero attached hydrogens (tertiary/aromatic N) is 5. The van der Waals surface area contributed by atoms with Crippen molar-refractivity contribution in [2.45, 2.75) is 25.0 Å². The molecule has 0 radical (unpaired) electrons. The van der Waals surface area contributed by atoms with Gasteiger partial charge in [-0.15, -0.1) is 10.2 Å². The number of aromatic nitrogens is 3. The van der Waals surface area contributed by atoms with Crippen molar-refractivity contribution in [1.82, 2.24) is 24.6 Å². The average Bonchev–Trinajstić information content (AvgIpc) is 2.98. The van der Waals surface area contributed by atoms with E-state index in [0.717, 1.165) is 37.2 Å². The molecule has 2 heterocycles. The molecule has 0 N–H and O–H groups in total. The Labute approximate surface area is 153 Å². The second kappa shape index (κ2) is 8.01. The van der Waals surface area contributed by atoms with Gasteiger partial charge < -0.3 is 9.47 Å². The summed E-state index contributed by atoms with van der Waals surface area (Å²) in [5.41, 5.74) is 1.33. The van der Waals surface area contributed by atoms with E-state index in [9.17, 15) is 4.79 Å². The second-order valence-corrected chi connectivity index (χ2v) is 7.32. The summed E-state index contributed by atoms with van der Waals surface area (Å²) in [4.78, 5) is 16.9. The van der Waals surface area contributed by atoms with Gasteiger partial charge in [-0.3, -0.25) is 9.69 Å². The molecule has 1 aliphatic heterocycles. The van der Waals surface area contributed by atoms with Crippen LogP contribution in [-0.2, 0) is 11.8 Å². The normalized spacial score (nSPS) is 16.8. The molecular formula is C18H25N5OS. The predicted octanol–water partition coefficient (Wildman–Crippen LogP) is 2.12. The number of amides is 1. The quantitative estimate of drug-likeness (QED) is 0.766. The number of aryl methyl sites for hydroxylation is 1. The van der Waals surface area contributed by atoms with Crippen molar-refractivity contribution in [2.75, 3.05) is 31.9 Å². The van der Waals surface area contributed by atoms with Crippen LogP contribution in [0.3, 0.4) is 0 Å². The molecule has 1 aromatic carbocycles. The molecule has 1 atom stereocenters. The Hall–Kier alpha value is -1.86. The van der Waals surface area contributed by atoms with E-state index < -0.39 is 0 Å². The van der Waals surface area contributed by atoms with Gasteiger partial charge in [0.2, 0.25) is 5.91 Å². The summed E-state index contributed by atoms with van der Waals surface area (Å²) in [5, 5.41) is 8.92. The highest BCUT2D eigenvalue weighted by atomic mass is 32.2. The smallest absolute Gasteiger partial charge is 0.233 e. The Morgan fingerprint density at radius 3 is 2.44 bits per heavy atom. The maximum atomic E-state index is 12.5. The first-order valence-corrected chi connectivity index (χ1v) is 9.60. The lowest BCUT2D eigenvalue weighted by Crippen LogP contribution is -2.49. The highest BCUT2D eigenvalue weighted by Crippen LogP contribution is 2.22. The first kappa shape index (κ1) is 17.9. The highest BCUT2D eigenvalue weighted by molar-refractivity contribution is 7.99. The van der Waals surface area contributed by atoms with Gasteiger partial charge in [0.15, 0.2) is 5.16 Å². The molecule has 1 aromatic heterocycles. The minimum atomic E-state index is 0.178.